The van der Waals surface area contributed by atoms with Gasteiger partial charge in [0.15, 0.2) is 0 Å². The minimum absolute atomic E-state index is 0.0193. The molecule has 0 bridgehead atoms. The highest BCUT2D eigenvalue weighted by Crippen LogP contribution is 2.29. The highest BCUT2D eigenvalue weighted by molar-refractivity contribution is 6.19. The average molecular weight is 343 g/mol. The van der Waals surface area contributed by atoms with Gasteiger partial charge in [-0.05, 0) is 38.3 Å². The van der Waals surface area contributed by atoms with Crippen molar-refractivity contribution in [1.82, 2.24) is 10.2 Å². The van der Waals surface area contributed by atoms with Gasteiger partial charge in [0.05, 0.1) is 11.7 Å². The van der Waals surface area contributed by atoms with E-state index >= 15 is 0 Å². The fourth-order valence-corrected chi connectivity index (χ4v) is 3.76. The molecule has 0 spiro atoms. The molecule has 2 fully saturated rings. The largest absolute Gasteiger partial charge is 0.332 e. The van der Waals surface area contributed by atoms with Crippen LogP contribution in [-0.2, 0) is 9.59 Å². The summed E-state index contributed by atoms with van der Waals surface area (Å²) in [5, 5.41) is 2.90. The maximum absolute atomic E-state index is 13.1. The van der Waals surface area contributed by atoms with E-state index < -0.39 is 12.1 Å². The Kier molecular flexibility index (Phi) is 4.79. The second-order valence-corrected chi connectivity index (χ2v) is 6.84. The van der Waals surface area contributed by atoms with Crippen LogP contribution < -0.4 is 10.2 Å². The average Bonchev–Trinajstić information content (AvgIpc) is 3.01. The molecule has 25 heavy (non-hydrogen) atoms. The maximum atomic E-state index is 13.1. The summed E-state index contributed by atoms with van der Waals surface area (Å²) in [5.41, 5.74) is 1.59. The van der Waals surface area contributed by atoms with Crippen LogP contribution in [0.25, 0.3) is 0 Å². The summed E-state index contributed by atoms with van der Waals surface area (Å²) in [6, 6.07) is 5.94. The van der Waals surface area contributed by atoms with Crippen LogP contribution >= 0.6 is 0 Å². The number of nitrogens with one attached hydrogen (secondary N) is 1. The molecule has 2 aliphatic rings. The quantitative estimate of drug-likeness (QED) is 0.913. The Morgan fingerprint density at radius 3 is 2.44 bits per heavy atom. The number of likely N-dealkylation sites (tertiary alicyclic amines) is 1. The lowest BCUT2D eigenvalue weighted by Gasteiger charge is -2.37. The summed E-state index contributed by atoms with van der Waals surface area (Å²) >= 11 is 0. The molecule has 4 amide bonds. The summed E-state index contributed by atoms with van der Waals surface area (Å²) in [7, 11) is 0. The maximum Gasteiger partial charge on any atom is 0.329 e. The highest BCUT2D eigenvalue weighted by atomic mass is 16.2. The molecule has 0 aromatic heterocycles. The third kappa shape index (κ3) is 3.01. The Balaban J connectivity index is 1.89. The monoisotopic (exact) mass is 343 g/mol. The fourth-order valence-electron chi connectivity index (χ4n) is 3.76. The van der Waals surface area contributed by atoms with Crippen molar-refractivity contribution < 1.29 is 14.4 Å². The zero-order valence-electron chi connectivity index (χ0n) is 15.0. The van der Waals surface area contributed by atoms with Crippen molar-refractivity contribution in [2.24, 2.45) is 5.92 Å². The van der Waals surface area contributed by atoms with Gasteiger partial charge in [-0.25, -0.2) is 9.69 Å². The SMILES string of the molecule is CCC(CC)C(=O)N1CC[C@H]2NC(=O)N(c3ccc(C)cc3)C(=O)[C@H]21. The van der Waals surface area contributed by atoms with Crippen molar-refractivity contribution in [3.63, 3.8) is 0 Å². The molecule has 0 radical (unpaired) electrons. The minimum atomic E-state index is -0.605. The number of nitrogens with zero attached hydrogens (tertiary/aromatic N) is 2. The zero-order valence-corrected chi connectivity index (χ0v) is 15.0. The van der Waals surface area contributed by atoms with Crippen LogP contribution in [0.1, 0.15) is 38.7 Å². The number of anilines is 1. The first-order valence-corrected chi connectivity index (χ1v) is 8.99. The molecule has 6 nitrogen and oxygen atoms in total. The summed E-state index contributed by atoms with van der Waals surface area (Å²) in [6.07, 6.45) is 2.13. The molecule has 2 saturated heterocycles. The lowest BCUT2D eigenvalue weighted by Crippen LogP contribution is -2.65. The van der Waals surface area contributed by atoms with E-state index in [1.165, 1.54) is 4.90 Å². The first-order chi connectivity index (χ1) is 12.0. The topological polar surface area (TPSA) is 69.7 Å². The van der Waals surface area contributed by atoms with Crippen LogP contribution in [0.5, 0.6) is 0 Å². The molecule has 1 aromatic rings. The van der Waals surface area contributed by atoms with Gasteiger partial charge in [0, 0.05) is 12.5 Å². The number of imide groups is 1. The van der Waals surface area contributed by atoms with Gasteiger partial charge in [-0.1, -0.05) is 31.5 Å². The standard InChI is InChI=1S/C19H25N3O3/c1-4-13(5-2)17(23)21-11-10-15-16(21)18(24)22(19(25)20-15)14-8-6-12(3)7-9-14/h6-9,13,15-16H,4-5,10-11H2,1-3H3,(H,20,25)/t15-,16+/m1/s1. The smallest absolute Gasteiger partial charge is 0.329 e. The molecule has 0 aliphatic carbocycles. The van der Waals surface area contributed by atoms with Gasteiger partial charge >= 0.3 is 6.03 Å². The van der Waals surface area contributed by atoms with Crippen LogP contribution in [0.15, 0.2) is 24.3 Å². The first kappa shape index (κ1) is 17.5. The van der Waals surface area contributed by atoms with E-state index in [0.717, 1.165) is 18.4 Å². The summed E-state index contributed by atoms with van der Waals surface area (Å²) in [5.74, 6) is -0.364. The van der Waals surface area contributed by atoms with Crippen molar-refractivity contribution in [1.29, 1.82) is 0 Å². The van der Waals surface area contributed by atoms with E-state index in [4.69, 9.17) is 0 Å². The van der Waals surface area contributed by atoms with E-state index in [0.29, 0.717) is 18.7 Å². The number of hydrogen-bond donors (Lipinski definition) is 1. The molecular weight excluding hydrogens is 318 g/mol. The summed E-state index contributed by atoms with van der Waals surface area (Å²) in [6.45, 7) is 6.44. The van der Waals surface area contributed by atoms with Gasteiger partial charge in [0.2, 0.25) is 5.91 Å². The van der Waals surface area contributed by atoms with Gasteiger partial charge in [-0.3, -0.25) is 9.59 Å². The summed E-state index contributed by atoms with van der Waals surface area (Å²) < 4.78 is 0. The normalized spacial score (nSPS) is 23.0. The van der Waals surface area contributed by atoms with Crippen molar-refractivity contribution in [2.75, 3.05) is 11.4 Å². The molecule has 6 heteroatoms. The third-order valence-corrected chi connectivity index (χ3v) is 5.29. The molecule has 1 aromatic carbocycles. The van der Waals surface area contributed by atoms with E-state index in [9.17, 15) is 14.4 Å². The Morgan fingerprint density at radius 1 is 1.20 bits per heavy atom. The molecular formula is C19H25N3O3. The molecule has 2 atom stereocenters. The summed E-state index contributed by atoms with van der Waals surface area (Å²) in [4.78, 5) is 41.2. The predicted octanol–water partition coefficient (Wildman–Crippen LogP) is 2.46. The van der Waals surface area contributed by atoms with E-state index in [1.807, 2.05) is 32.9 Å². The van der Waals surface area contributed by atoms with Gasteiger partial charge in [0.25, 0.3) is 5.91 Å². The molecule has 134 valence electrons. The van der Waals surface area contributed by atoms with Gasteiger partial charge < -0.3 is 10.2 Å². The highest BCUT2D eigenvalue weighted by Gasteiger charge is 2.50. The predicted molar refractivity (Wildman–Crippen MR) is 95.2 cm³/mol. The molecule has 2 heterocycles. The number of aryl methyl sites for hydroxylation is 1. The number of amides is 4. The van der Waals surface area contributed by atoms with Gasteiger partial charge in [0.1, 0.15) is 6.04 Å². The van der Waals surface area contributed by atoms with Crippen molar-refractivity contribution in [3.8, 4) is 0 Å². The van der Waals surface area contributed by atoms with E-state index in [-0.39, 0.29) is 23.8 Å². The number of urea groups is 1. The van der Waals surface area contributed by atoms with Gasteiger partial charge in [-0.2, -0.15) is 0 Å². The first-order valence-electron chi connectivity index (χ1n) is 8.99. The third-order valence-electron chi connectivity index (χ3n) is 5.29. The van der Waals surface area contributed by atoms with Crippen molar-refractivity contribution in [3.05, 3.63) is 29.8 Å². The Hall–Kier alpha value is -2.37. The number of rotatable bonds is 4. The molecule has 3 rings (SSSR count). The Bertz CT molecular complexity index is 682. The van der Waals surface area contributed by atoms with Gasteiger partial charge in [-0.15, -0.1) is 0 Å². The van der Waals surface area contributed by atoms with Crippen molar-refractivity contribution in [2.45, 2.75) is 52.1 Å². The zero-order chi connectivity index (χ0) is 18.1. The van der Waals surface area contributed by atoms with Crippen molar-refractivity contribution >= 4 is 23.5 Å². The lowest BCUT2D eigenvalue weighted by atomic mass is 9.99. The number of carbonyl (C=O) groups is 3. The Labute approximate surface area is 148 Å². The van der Waals surface area contributed by atoms with Crippen LogP contribution in [-0.4, -0.2) is 41.4 Å². The number of benzene rings is 1. The van der Waals surface area contributed by atoms with Crippen LogP contribution in [0.3, 0.4) is 0 Å². The second-order valence-electron chi connectivity index (χ2n) is 6.84. The molecule has 1 N–H and O–H groups in total. The minimum Gasteiger partial charge on any atom is -0.332 e. The molecule has 2 aliphatic heterocycles. The number of hydrogen-bond acceptors (Lipinski definition) is 3. The van der Waals surface area contributed by atoms with Crippen LogP contribution in [0.2, 0.25) is 0 Å². The lowest BCUT2D eigenvalue weighted by molar-refractivity contribution is -0.141. The number of fused-ring (bicyclic) bond motifs is 1. The fraction of sp³-hybridized carbons (Fsp3) is 0.526. The second kappa shape index (κ2) is 6.86. The Morgan fingerprint density at radius 2 is 1.84 bits per heavy atom. The molecule has 0 unspecified atom stereocenters. The molecule has 0 saturated carbocycles. The van der Waals surface area contributed by atoms with Crippen LogP contribution in [0.4, 0.5) is 10.5 Å². The van der Waals surface area contributed by atoms with Crippen LogP contribution in [0, 0.1) is 12.8 Å². The van der Waals surface area contributed by atoms with E-state index in [2.05, 4.69) is 5.32 Å². The van der Waals surface area contributed by atoms with E-state index in [1.54, 1.807) is 17.0 Å². The number of carbonyl (C=O) groups excluding carboxylic acids is 3.